The van der Waals surface area contributed by atoms with E-state index in [1.54, 1.807) is 32.2 Å². The molecule has 0 atom stereocenters. The van der Waals surface area contributed by atoms with Crippen molar-refractivity contribution in [3.8, 4) is 22.8 Å². The van der Waals surface area contributed by atoms with Gasteiger partial charge >= 0.3 is 0 Å². The lowest BCUT2D eigenvalue weighted by Gasteiger charge is -2.12. The van der Waals surface area contributed by atoms with Crippen LogP contribution in [-0.2, 0) is 0 Å². The molecule has 0 aliphatic rings. The normalized spacial score (nSPS) is 10.3. The van der Waals surface area contributed by atoms with Crippen molar-refractivity contribution in [2.75, 3.05) is 20.5 Å². The van der Waals surface area contributed by atoms with Crippen LogP contribution in [0, 0.1) is 0 Å². The van der Waals surface area contributed by atoms with Crippen molar-refractivity contribution in [2.45, 2.75) is 4.90 Å². The zero-order chi connectivity index (χ0) is 12.3. The van der Waals surface area contributed by atoms with Gasteiger partial charge in [0.05, 0.1) is 24.8 Å². The number of benzene rings is 1. The molecule has 2 rings (SSSR count). The van der Waals surface area contributed by atoms with Gasteiger partial charge in [0.15, 0.2) is 0 Å². The fraction of sp³-hybridized carbons (Fsp3) is 0.250. The summed E-state index contributed by atoms with van der Waals surface area (Å²) in [4.78, 5) is 1.05. The summed E-state index contributed by atoms with van der Waals surface area (Å²) in [5.41, 5.74) is 1.85. The van der Waals surface area contributed by atoms with Gasteiger partial charge in [0.1, 0.15) is 11.5 Å². The molecule has 0 amide bonds. The zero-order valence-corrected chi connectivity index (χ0v) is 10.8. The van der Waals surface area contributed by atoms with Crippen LogP contribution >= 0.6 is 11.8 Å². The first-order valence-corrected chi connectivity index (χ1v) is 6.32. The Morgan fingerprint density at radius 3 is 2.47 bits per heavy atom. The van der Waals surface area contributed by atoms with Crippen LogP contribution in [-0.4, -0.2) is 30.7 Å². The molecule has 0 saturated heterocycles. The van der Waals surface area contributed by atoms with Crippen LogP contribution in [0.15, 0.2) is 29.3 Å². The predicted molar refractivity (Wildman–Crippen MR) is 68.9 cm³/mol. The molecule has 4 nitrogen and oxygen atoms in total. The quantitative estimate of drug-likeness (QED) is 0.848. The first kappa shape index (κ1) is 11.9. The van der Waals surface area contributed by atoms with Crippen molar-refractivity contribution in [3.63, 3.8) is 0 Å². The molecule has 0 radical (unpaired) electrons. The Balaban J connectivity index is 2.58. The van der Waals surface area contributed by atoms with E-state index in [2.05, 4.69) is 10.2 Å². The minimum absolute atomic E-state index is 0.805. The molecule has 0 aliphatic heterocycles. The smallest absolute Gasteiger partial charge is 0.133 e. The molecule has 17 heavy (non-hydrogen) atoms. The highest BCUT2D eigenvalue weighted by Gasteiger charge is 2.12. The Morgan fingerprint density at radius 2 is 1.94 bits per heavy atom. The second kappa shape index (κ2) is 5.14. The van der Waals surface area contributed by atoms with Crippen LogP contribution in [0.1, 0.15) is 0 Å². The number of ether oxygens (including phenoxy) is 2. The van der Waals surface area contributed by atoms with E-state index >= 15 is 0 Å². The van der Waals surface area contributed by atoms with Crippen LogP contribution in [0.5, 0.6) is 11.5 Å². The molecule has 1 aromatic heterocycles. The minimum Gasteiger partial charge on any atom is -0.496 e. The third kappa shape index (κ3) is 2.24. The molecule has 1 heterocycles. The van der Waals surface area contributed by atoms with Gasteiger partial charge < -0.3 is 9.47 Å². The van der Waals surface area contributed by atoms with Crippen molar-refractivity contribution in [3.05, 3.63) is 24.4 Å². The standard InChI is InChI=1S/C12H14N2O2S/c1-15-10-7-12(17-3)11(16-2)6-8(10)9-4-5-13-14-9/h4-7H,1-3H3,(H,13,14). The summed E-state index contributed by atoms with van der Waals surface area (Å²) < 4.78 is 10.8. The van der Waals surface area contributed by atoms with Gasteiger partial charge in [-0.2, -0.15) is 5.10 Å². The van der Waals surface area contributed by atoms with E-state index in [1.165, 1.54) is 0 Å². The molecule has 90 valence electrons. The van der Waals surface area contributed by atoms with E-state index in [4.69, 9.17) is 9.47 Å². The molecule has 2 aromatic rings. The molecule has 0 bridgehead atoms. The van der Waals surface area contributed by atoms with Crippen molar-refractivity contribution in [1.29, 1.82) is 0 Å². The molecular weight excluding hydrogens is 236 g/mol. The third-order valence-electron chi connectivity index (χ3n) is 2.50. The number of thioether (sulfide) groups is 1. The van der Waals surface area contributed by atoms with Crippen molar-refractivity contribution >= 4 is 11.8 Å². The predicted octanol–water partition coefficient (Wildman–Crippen LogP) is 2.82. The lowest BCUT2D eigenvalue weighted by Crippen LogP contribution is -1.93. The maximum absolute atomic E-state index is 5.39. The maximum atomic E-state index is 5.39. The van der Waals surface area contributed by atoms with E-state index in [1.807, 2.05) is 24.5 Å². The van der Waals surface area contributed by atoms with Gasteiger partial charge in [-0.3, -0.25) is 5.10 Å². The summed E-state index contributed by atoms with van der Waals surface area (Å²) in [6, 6.07) is 5.83. The molecule has 0 aliphatic carbocycles. The number of aromatic amines is 1. The molecule has 1 N–H and O–H groups in total. The van der Waals surface area contributed by atoms with Crippen LogP contribution in [0.4, 0.5) is 0 Å². The number of rotatable bonds is 4. The monoisotopic (exact) mass is 250 g/mol. The Bertz CT molecular complexity index is 497. The van der Waals surface area contributed by atoms with Crippen LogP contribution in [0.2, 0.25) is 0 Å². The lowest BCUT2D eigenvalue weighted by atomic mass is 10.1. The average molecular weight is 250 g/mol. The van der Waals surface area contributed by atoms with E-state index in [-0.39, 0.29) is 0 Å². The Morgan fingerprint density at radius 1 is 1.18 bits per heavy atom. The minimum atomic E-state index is 0.805. The van der Waals surface area contributed by atoms with Gasteiger partial charge in [-0.25, -0.2) is 0 Å². The fourth-order valence-corrected chi connectivity index (χ4v) is 2.21. The molecule has 5 heteroatoms. The number of hydrogen-bond donors (Lipinski definition) is 1. The summed E-state index contributed by atoms with van der Waals surface area (Å²) in [6.45, 7) is 0. The second-order valence-electron chi connectivity index (χ2n) is 3.38. The third-order valence-corrected chi connectivity index (χ3v) is 3.26. The van der Waals surface area contributed by atoms with E-state index < -0.39 is 0 Å². The number of methoxy groups -OCH3 is 2. The second-order valence-corrected chi connectivity index (χ2v) is 4.23. The fourth-order valence-electron chi connectivity index (χ4n) is 1.65. The number of hydrogen-bond acceptors (Lipinski definition) is 4. The van der Waals surface area contributed by atoms with Crippen molar-refractivity contribution < 1.29 is 9.47 Å². The zero-order valence-electron chi connectivity index (χ0n) is 9.98. The first-order valence-electron chi connectivity index (χ1n) is 5.10. The van der Waals surface area contributed by atoms with E-state index in [0.717, 1.165) is 27.7 Å². The van der Waals surface area contributed by atoms with Crippen LogP contribution in [0.25, 0.3) is 11.3 Å². The van der Waals surface area contributed by atoms with Crippen LogP contribution < -0.4 is 9.47 Å². The van der Waals surface area contributed by atoms with E-state index in [0.29, 0.717) is 0 Å². The van der Waals surface area contributed by atoms with E-state index in [9.17, 15) is 0 Å². The molecule has 0 saturated carbocycles. The van der Waals surface area contributed by atoms with Gasteiger partial charge in [0.25, 0.3) is 0 Å². The highest BCUT2D eigenvalue weighted by molar-refractivity contribution is 7.98. The van der Waals surface area contributed by atoms with Gasteiger partial charge in [-0.05, 0) is 24.5 Å². The van der Waals surface area contributed by atoms with Gasteiger partial charge in [0.2, 0.25) is 0 Å². The summed E-state index contributed by atoms with van der Waals surface area (Å²) in [5, 5.41) is 6.87. The van der Waals surface area contributed by atoms with Crippen molar-refractivity contribution in [1.82, 2.24) is 10.2 Å². The Labute approximate surface area is 104 Å². The summed E-state index contributed by atoms with van der Waals surface area (Å²) in [7, 11) is 3.32. The highest BCUT2D eigenvalue weighted by atomic mass is 32.2. The largest absolute Gasteiger partial charge is 0.496 e. The Kier molecular flexibility index (Phi) is 3.58. The molecule has 0 unspecified atom stereocenters. The summed E-state index contributed by atoms with van der Waals surface area (Å²) in [5.74, 6) is 1.64. The first-order chi connectivity index (χ1) is 8.30. The molecule has 1 aromatic carbocycles. The van der Waals surface area contributed by atoms with Crippen LogP contribution in [0.3, 0.4) is 0 Å². The molecule has 0 fully saturated rings. The summed E-state index contributed by atoms with van der Waals surface area (Å²) in [6.07, 6.45) is 3.72. The molecular formula is C12H14N2O2S. The number of nitrogens with one attached hydrogen (secondary N) is 1. The Hall–Kier alpha value is -1.62. The molecule has 0 spiro atoms. The number of aromatic nitrogens is 2. The average Bonchev–Trinajstić information content (AvgIpc) is 2.90. The maximum Gasteiger partial charge on any atom is 0.133 e. The van der Waals surface area contributed by atoms with Gasteiger partial charge in [0, 0.05) is 11.8 Å². The van der Waals surface area contributed by atoms with Gasteiger partial charge in [-0.1, -0.05) is 0 Å². The van der Waals surface area contributed by atoms with Gasteiger partial charge in [-0.15, -0.1) is 11.8 Å². The topological polar surface area (TPSA) is 47.1 Å². The van der Waals surface area contributed by atoms with Crippen molar-refractivity contribution in [2.24, 2.45) is 0 Å². The number of nitrogens with zero attached hydrogens (tertiary/aromatic N) is 1. The SMILES string of the molecule is COc1cc(-c2ccn[nH]2)c(OC)cc1SC. The highest BCUT2D eigenvalue weighted by Crippen LogP contribution is 2.38. The lowest BCUT2D eigenvalue weighted by molar-refractivity contribution is 0.395. The number of H-pyrrole nitrogens is 1. The summed E-state index contributed by atoms with van der Waals surface area (Å²) >= 11 is 1.62.